The monoisotopic (exact) mass is 1020 g/mol. The number of carbonyl (C=O) groups excluding carboxylic acids is 7. The van der Waals surface area contributed by atoms with Gasteiger partial charge in [-0.3, -0.25) is 33.6 Å². The smallest absolute Gasteiger partial charge is 0.252 e. The molecule has 27 heteroatoms. The lowest BCUT2D eigenvalue weighted by atomic mass is 10.0. The van der Waals surface area contributed by atoms with Crippen LogP contribution in [0.25, 0.3) is 0 Å². The first-order valence-electron chi connectivity index (χ1n) is 22.2. The average molecular weight is 1020 g/mol. The Bertz CT molecular complexity index is 2670. The van der Waals surface area contributed by atoms with Crippen LogP contribution in [0.5, 0.6) is 63.2 Å². The van der Waals surface area contributed by atoms with Gasteiger partial charge in [0.2, 0.25) is 17.7 Å². The van der Waals surface area contributed by atoms with Gasteiger partial charge in [-0.1, -0.05) is 0 Å². The van der Waals surface area contributed by atoms with Crippen LogP contribution in [0.15, 0.2) is 53.7 Å². The molecule has 392 valence electrons. The highest BCUT2D eigenvalue weighted by molar-refractivity contribution is 6.00. The highest BCUT2D eigenvalue weighted by Gasteiger charge is 2.30. The minimum absolute atomic E-state index is 0.0107. The van der Waals surface area contributed by atoms with Gasteiger partial charge in [-0.15, -0.1) is 4.91 Å². The van der Waals surface area contributed by atoms with Crippen molar-refractivity contribution in [3.63, 3.8) is 0 Å². The van der Waals surface area contributed by atoms with Gasteiger partial charge in [0, 0.05) is 41.9 Å². The lowest BCUT2D eigenvalue weighted by Crippen LogP contribution is -2.56. The fourth-order valence-electron chi connectivity index (χ4n) is 6.95. The first-order chi connectivity index (χ1) is 34.5. The van der Waals surface area contributed by atoms with Crippen LogP contribution in [0, 0.1) is 4.91 Å². The zero-order valence-electron chi connectivity index (χ0n) is 38.5. The molecule has 4 rings (SSSR count). The minimum atomic E-state index is -1.50. The van der Waals surface area contributed by atoms with Crippen LogP contribution < -0.4 is 37.6 Å². The first kappa shape index (κ1) is 56.2. The van der Waals surface area contributed by atoms with E-state index in [-0.39, 0.29) is 94.1 Å². The molecule has 0 unspecified atom stereocenters. The summed E-state index contributed by atoms with van der Waals surface area (Å²) in [6.45, 7) is -0.113. The molecule has 3 atom stereocenters. The predicted octanol–water partition coefficient (Wildman–Crippen LogP) is 1.20. The van der Waals surface area contributed by atoms with Crippen molar-refractivity contribution >= 4 is 47.0 Å². The number of carbonyl (C=O) groups is 7. The van der Waals surface area contributed by atoms with Crippen LogP contribution >= 0.6 is 0 Å². The molecule has 0 aromatic heterocycles. The van der Waals surface area contributed by atoms with E-state index in [1.54, 1.807) is 0 Å². The third kappa shape index (κ3) is 15.8. The number of rotatable bonds is 26. The molecule has 0 heterocycles. The van der Waals surface area contributed by atoms with E-state index in [1.807, 2.05) is 0 Å². The number of primary amides is 1. The predicted molar refractivity (Wildman–Crippen MR) is 252 cm³/mol. The van der Waals surface area contributed by atoms with Crippen molar-refractivity contribution in [2.75, 3.05) is 19.6 Å². The fourth-order valence-corrected chi connectivity index (χ4v) is 6.95. The number of hydrogen-bond acceptors (Lipinski definition) is 20. The second-order valence-electron chi connectivity index (χ2n) is 16.3. The summed E-state index contributed by atoms with van der Waals surface area (Å²) in [7, 11) is 0. The van der Waals surface area contributed by atoms with Crippen molar-refractivity contribution in [3.8, 4) is 63.2 Å². The van der Waals surface area contributed by atoms with Crippen molar-refractivity contribution in [1.29, 1.82) is 0 Å². The van der Waals surface area contributed by atoms with Crippen LogP contribution in [0.2, 0.25) is 0 Å². The van der Waals surface area contributed by atoms with Gasteiger partial charge < -0.3 is 93.8 Å². The number of unbranched alkanes of at least 4 members (excludes halogenated alkanes) is 3. The largest absolute Gasteiger partial charge is 0.504 e. The molecule has 73 heavy (non-hydrogen) atoms. The van der Waals surface area contributed by atoms with Crippen molar-refractivity contribution in [1.82, 2.24) is 31.9 Å². The van der Waals surface area contributed by atoms with E-state index in [4.69, 9.17) is 5.73 Å². The molecule has 4 aromatic carbocycles. The average Bonchev–Trinajstić information content (AvgIpc) is 3.34. The Kier molecular flexibility index (Phi) is 20.0. The SMILES string of the molecule is NC(=O)[C@@H](CCCCNC(=O)c1cc(O)c(O)c(O)c1)NC(=O)[C@@H](CCCCNC(=O)c1cc(O)c(O)c(O)c1)NC(=O)[C@@H](CCCCNC(=O)c1cc(O)c(O)c(N=O)c1)NC(=O)c1cc(O)c(O)c(O)c1. The number of nitrogens with two attached hydrogens (primary N) is 1. The third-order valence-corrected chi connectivity index (χ3v) is 11.0. The summed E-state index contributed by atoms with van der Waals surface area (Å²) in [5, 5.41) is 125. The number of nitrogens with one attached hydrogen (secondary N) is 6. The van der Waals surface area contributed by atoms with Gasteiger partial charge in [-0.2, -0.15) is 0 Å². The van der Waals surface area contributed by atoms with E-state index in [0.717, 1.165) is 48.5 Å². The zero-order chi connectivity index (χ0) is 54.1. The highest BCUT2D eigenvalue weighted by atomic mass is 16.3. The Balaban J connectivity index is 1.48. The Hall–Kier alpha value is -9.43. The number of amides is 7. The van der Waals surface area contributed by atoms with E-state index in [0.29, 0.717) is 0 Å². The summed E-state index contributed by atoms with van der Waals surface area (Å²) in [6, 6.07) is 2.80. The van der Waals surface area contributed by atoms with Crippen molar-refractivity contribution < 1.29 is 89.7 Å². The maximum Gasteiger partial charge on any atom is 0.252 e. The highest BCUT2D eigenvalue weighted by Crippen LogP contribution is 2.38. The lowest BCUT2D eigenvalue weighted by molar-refractivity contribution is -0.132. The Morgan fingerprint density at radius 1 is 0.397 bits per heavy atom. The second kappa shape index (κ2) is 26.0. The van der Waals surface area contributed by atoms with Gasteiger partial charge >= 0.3 is 0 Å². The topological polar surface area (TPSA) is 470 Å². The van der Waals surface area contributed by atoms with E-state index >= 15 is 0 Å². The molecule has 0 saturated carbocycles. The number of hydrogen-bond donors (Lipinski definition) is 18. The summed E-state index contributed by atoms with van der Waals surface area (Å²) >= 11 is 0. The maximum atomic E-state index is 14.1. The number of phenols is 11. The standard InChI is InChI=1S/C46H54N8O19/c47-40(66)25(7-1-4-10-49-42(68)22-15-30(56)37(63)31(57)16-22)51-45(71)27(9-3-6-12-50-43(69)23-17-32(58)38(64)33(59)18-23)53-46(72)26(52-44(70)24-19-34(60)39(65)35(61)20-24)8-2-5-11-48-41(67)21-13-28(54-73)36(62)29(55)14-21/h13-20,25-27,55-65H,1-12H2,(H2,47,66)(H,48,67)(H,49,68)(H,50,69)(H,51,71)(H,52,70)(H,53,72)/t25-,26-,27-/m1/s1. The molecule has 7 amide bonds. The number of nitrogens with zero attached hydrogens (tertiary/aromatic N) is 1. The maximum absolute atomic E-state index is 14.1. The van der Waals surface area contributed by atoms with Crippen molar-refractivity contribution in [3.05, 3.63) is 75.7 Å². The van der Waals surface area contributed by atoms with Gasteiger partial charge in [-0.05, 0) is 111 Å². The molecular weight excluding hydrogens is 969 g/mol. The van der Waals surface area contributed by atoms with Gasteiger partial charge in [0.1, 0.15) is 18.1 Å². The number of benzene rings is 4. The van der Waals surface area contributed by atoms with Crippen LogP contribution in [-0.2, 0) is 14.4 Å². The summed E-state index contributed by atoms with van der Waals surface area (Å²) in [5.41, 5.74) is 4.03. The molecule has 4 aromatic rings. The number of phenolic OH excluding ortho intramolecular Hbond substituents is 11. The van der Waals surface area contributed by atoms with E-state index in [1.165, 1.54) is 0 Å². The molecule has 0 aliphatic rings. The normalized spacial score (nSPS) is 12.1. The summed E-state index contributed by atoms with van der Waals surface area (Å²) in [4.78, 5) is 103. The van der Waals surface area contributed by atoms with Gasteiger partial charge in [-0.25, -0.2) is 0 Å². The summed E-state index contributed by atoms with van der Waals surface area (Å²) in [5.74, 6) is -15.1. The summed E-state index contributed by atoms with van der Waals surface area (Å²) in [6.07, 6.45) is 0.398. The molecule has 0 saturated heterocycles. The minimum Gasteiger partial charge on any atom is -0.504 e. The molecule has 0 aliphatic carbocycles. The quantitative estimate of drug-likeness (QED) is 0.0239. The second-order valence-corrected chi connectivity index (χ2v) is 16.3. The number of nitroso groups, excluding NO2 is 1. The van der Waals surface area contributed by atoms with E-state index in [2.05, 4.69) is 37.1 Å². The van der Waals surface area contributed by atoms with Crippen LogP contribution in [0.4, 0.5) is 5.69 Å². The van der Waals surface area contributed by atoms with Crippen LogP contribution in [0.3, 0.4) is 0 Å². The molecule has 0 spiro atoms. The molecule has 0 aliphatic heterocycles. The Morgan fingerprint density at radius 3 is 1.03 bits per heavy atom. The number of aromatic hydroxyl groups is 11. The lowest BCUT2D eigenvalue weighted by Gasteiger charge is -2.25. The molecule has 0 bridgehead atoms. The zero-order valence-corrected chi connectivity index (χ0v) is 38.5. The van der Waals surface area contributed by atoms with Crippen LogP contribution in [0.1, 0.15) is 99.2 Å². The molecule has 0 radical (unpaired) electrons. The molecule has 19 N–H and O–H groups in total. The first-order valence-corrected chi connectivity index (χ1v) is 22.2. The molecule has 27 nitrogen and oxygen atoms in total. The molecule has 0 fully saturated rings. The summed E-state index contributed by atoms with van der Waals surface area (Å²) < 4.78 is 0. The van der Waals surface area contributed by atoms with Gasteiger partial charge in [0.15, 0.2) is 68.9 Å². The van der Waals surface area contributed by atoms with Crippen molar-refractivity contribution in [2.45, 2.75) is 75.9 Å². The Morgan fingerprint density at radius 2 is 0.685 bits per heavy atom. The molecular formula is C46H54N8O19. The fraction of sp³-hybridized carbons (Fsp3) is 0.326. The van der Waals surface area contributed by atoms with Crippen LogP contribution in [-0.4, -0.2) is 135 Å². The third-order valence-electron chi connectivity index (χ3n) is 11.0. The van der Waals surface area contributed by atoms with Gasteiger partial charge in [0.05, 0.1) is 0 Å². The van der Waals surface area contributed by atoms with Gasteiger partial charge in [0.25, 0.3) is 23.6 Å². The van der Waals surface area contributed by atoms with E-state index < -0.39 is 134 Å². The van der Waals surface area contributed by atoms with E-state index in [9.17, 15) is 94.6 Å². The Labute approximate surface area is 413 Å². The van der Waals surface area contributed by atoms with Crippen molar-refractivity contribution in [2.24, 2.45) is 10.9 Å².